The van der Waals surface area contributed by atoms with E-state index in [1.807, 2.05) is 34.4 Å². The lowest BCUT2D eigenvalue weighted by Crippen LogP contribution is -2.20. The van der Waals surface area contributed by atoms with Gasteiger partial charge in [-0.05, 0) is 69.8 Å². The smallest absolute Gasteiger partial charge is 0.0630 e. The van der Waals surface area contributed by atoms with Gasteiger partial charge < -0.3 is 4.90 Å². The Hall–Kier alpha value is -6.17. The van der Waals surface area contributed by atoms with E-state index in [2.05, 4.69) is 205 Å². The number of allylic oxidation sites excluding steroid dienone is 3. The number of nitrogens with zero attached hydrogens (tertiary/aromatic N) is 1. The Morgan fingerprint density at radius 2 is 1.07 bits per heavy atom. The molecule has 0 fully saturated rings. The molecule has 0 saturated carbocycles. The van der Waals surface area contributed by atoms with Crippen molar-refractivity contribution in [2.45, 2.75) is 11.3 Å². The van der Waals surface area contributed by atoms with Crippen molar-refractivity contribution in [2.24, 2.45) is 0 Å². The van der Waals surface area contributed by atoms with Gasteiger partial charge in [0, 0.05) is 68.7 Å². The summed E-state index contributed by atoms with van der Waals surface area (Å²) in [5.74, 6) is 0.887. The maximum atomic E-state index is 2.65. The minimum Gasteiger partial charge on any atom is -0.312 e. The molecule has 276 valence electrons. The maximum Gasteiger partial charge on any atom is 0.0630 e. The van der Waals surface area contributed by atoms with Crippen LogP contribution < -0.4 is 4.90 Å². The highest BCUT2D eigenvalue weighted by atomic mass is 32.2. The van der Waals surface area contributed by atoms with Crippen LogP contribution in [0.4, 0.5) is 11.4 Å². The second-order valence-corrected chi connectivity index (χ2v) is 17.9. The molecule has 1 aliphatic rings. The Bertz CT molecular complexity index is 3190. The Kier molecular flexibility index (Phi) is 9.04. The van der Waals surface area contributed by atoms with Crippen molar-refractivity contribution in [3.05, 3.63) is 217 Å². The van der Waals surface area contributed by atoms with E-state index < -0.39 is 0 Å². The first-order valence-corrected chi connectivity index (χ1v) is 22.4. The van der Waals surface area contributed by atoms with Crippen LogP contribution in [-0.4, -0.2) is 5.75 Å². The van der Waals surface area contributed by atoms with Crippen molar-refractivity contribution in [2.75, 3.05) is 10.7 Å². The standard InChI is InChI=1S/C54H37NS3/c1-4-16-36(17-5-1)40-30-31-41(34-39-22-10-12-27-47(39)56-35-40)55(46-26-15-29-49-51(46)44-23-11-13-28-48(44)57-49)53-42(37-18-6-2-7-19-37)32-33-50-52(53)45-25-14-24-43(54(45)58-50)38-20-8-3-9-21-38/h1-33H,34-35H2/b40-30+,41-31+. The van der Waals surface area contributed by atoms with Gasteiger partial charge in [-0.2, -0.15) is 0 Å². The highest BCUT2D eigenvalue weighted by molar-refractivity contribution is 7.99. The molecule has 0 aliphatic carbocycles. The zero-order valence-electron chi connectivity index (χ0n) is 31.6. The van der Waals surface area contributed by atoms with Crippen molar-refractivity contribution >= 4 is 91.7 Å². The molecule has 0 bridgehead atoms. The molecule has 0 spiro atoms. The van der Waals surface area contributed by atoms with Gasteiger partial charge in [-0.3, -0.25) is 0 Å². The second-order valence-electron chi connectivity index (χ2n) is 14.7. The summed E-state index contributed by atoms with van der Waals surface area (Å²) in [5, 5.41) is 5.14. The van der Waals surface area contributed by atoms with E-state index in [0.29, 0.717) is 0 Å². The van der Waals surface area contributed by atoms with Crippen LogP contribution in [0.2, 0.25) is 0 Å². The van der Waals surface area contributed by atoms with Crippen molar-refractivity contribution < 1.29 is 0 Å². The molecule has 58 heavy (non-hydrogen) atoms. The number of anilines is 2. The molecule has 8 aromatic carbocycles. The SMILES string of the molecule is C1=C(/c2ccccc2)CSc2ccccc2C\C(N(c2cccc3sc4ccccc4c23)c2c(-c3ccccc3)ccc3sc4c(-c5ccccc5)cccc4c23)=C/1. The summed E-state index contributed by atoms with van der Waals surface area (Å²) in [6, 6.07) is 69.2. The number of hydrogen-bond donors (Lipinski definition) is 0. The van der Waals surface area contributed by atoms with E-state index in [1.165, 1.54) is 101 Å². The van der Waals surface area contributed by atoms with Crippen LogP contribution >= 0.6 is 34.4 Å². The molecule has 1 aliphatic heterocycles. The molecule has 0 saturated heterocycles. The quantitative estimate of drug-likeness (QED) is 0.165. The van der Waals surface area contributed by atoms with Gasteiger partial charge in [-0.1, -0.05) is 164 Å². The van der Waals surface area contributed by atoms with Gasteiger partial charge in [-0.15, -0.1) is 34.4 Å². The number of hydrogen-bond acceptors (Lipinski definition) is 4. The van der Waals surface area contributed by atoms with Crippen molar-refractivity contribution in [1.82, 2.24) is 0 Å². The predicted octanol–water partition coefficient (Wildman–Crippen LogP) is 16.2. The summed E-state index contributed by atoms with van der Waals surface area (Å²) in [6.07, 6.45) is 5.59. The highest BCUT2D eigenvalue weighted by Crippen LogP contribution is 2.52. The van der Waals surface area contributed by atoms with Gasteiger partial charge in [0.05, 0.1) is 11.4 Å². The van der Waals surface area contributed by atoms with Gasteiger partial charge in [-0.25, -0.2) is 0 Å². The molecule has 1 nitrogen and oxygen atoms in total. The molecule has 10 aromatic rings. The molecule has 4 heteroatoms. The number of benzene rings is 8. The lowest BCUT2D eigenvalue weighted by atomic mass is 9.95. The van der Waals surface area contributed by atoms with E-state index in [9.17, 15) is 0 Å². The largest absolute Gasteiger partial charge is 0.312 e. The average molecular weight is 796 g/mol. The van der Waals surface area contributed by atoms with Crippen molar-refractivity contribution in [3.8, 4) is 22.3 Å². The van der Waals surface area contributed by atoms with E-state index in [0.717, 1.165) is 12.2 Å². The minimum atomic E-state index is 0.766. The summed E-state index contributed by atoms with van der Waals surface area (Å²) >= 11 is 5.73. The molecule has 3 heterocycles. The number of thiophene rings is 2. The molecule has 0 atom stereocenters. The average Bonchev–Trinajstić information content (AvgIpc) is 3.89. The zero-order chi connectivity index (χ0) is 38.4. The van der Waals surface area contributed by atoms with Crippen LogP contribution in [0.3, 0.4) is 0 Å². The molecule has 0 radical (unpaired) electrons. The first-order chi connectivity index (χ1) is 28.8. The fourth-order valence-corrected chi connectivity index (χ4v) is 12.0. The minimum absolute atomic E-state index is 0.766. The van der Waals surface area contributed by atoms with Crippen LogP contribution in [0.25, 0.3) is 68.2 Å². The molecule has 0 N–H and O–H groups in total. The molecular weight excluding hydrogens is 759 g/mol. The fourth-order valence-electron chi connectivity index (χ4n) is 8.59. The number of fused-ring (bicyclic) bond motifs is 7. The third-order valence-corrected chi connectivity index (χ3v) is 14.8. The van der Waals surface area contributed by atoms with Crippen LogP contribution in [0.15, 0.2) is 211 Å². The summed E-state index contributed by atoms with van der Waals surface area (Å²) < 4.78 is 5.18. The van der Waals surface area contributed by atoms with Crippen LogP contribution in [0.5, 0.6) is 0 Å². The van der Waals surface area contributed by atoms with Crippen molar-refractivity contribution in [1.29, 1.82) is 0 Å². The molecule has 2 aromatic heterocycles. The van der Waals surface area contributed by atoms with Crippen molar-refractivity contribution in [3.63, 3.8) is 0 Å². The zero-order valence-corrected chi connectivity index (χ0v) is 34.1. The summed E-state index contributed by atoms with van der Waals surface area (Å²) in [7, 11) is 0. The van der Waals surface area contributed by atoms with E-state index >= 15 is 0 Å². The number of rotatable bonds is 6. The van der Waals surface area contributed by atoms with E-state index in [4.69, 9.17) is 0 Å². The third-order valence-electron chi connectivity index (χ3n) is 11.3. The lowest BCUT2D eigenvalue weighted by Gasteiger charge is -2.32. The molecule has 0 unspecified atom stereocenters. The lowest BCUT2D eigenvalue weighted by molar-refractivity contribution is 1.03. The Morgan fingerprint density at radius 1 is 0.431 bits per heavy atom. The Labute approximate surface area is 350 Å². The third kappa shape index (κ3) is 6.16. The fraction of sp³-hybridized carbons (Fsp3) is 0.0370. The van der Waals surface area contributed by atoms with Crippen LogP contribution in [-0.2, 0) is 6.42 Å². The van der Waals surface area contributed by atoms with Crippen LogP contribution in [0.1, 0.15) is 11.1 Å². The highest BCUT2D eigenvalue weighted by Gasteiger charge is 2.28. The van der Waals surface area contributed by atoms with Gasteiger partial charge in [0.1, 0.15) is 0 Å². The number of thioether (sulfide) groups is 1. The first-order valence-electron chi connectivity index (χ1n) is 19.7. The normalized spacial score (nSPS) is 15.0. The molecular formula is C54H37NS3. The second kappa shape index (κ2) is 15.0. The van der Waals surface area contributed by atoms with E-state index in [1.54, 1.807) is 0 Å². The summed E-state index contributed by atoms with van der Waals surface area (Å²) in [6.45, 7) is 0. The summed E-state index contributed by atoms with van der Waals surface area (Å²) in [5.41, 5.74) is 12.5. The van der Waals surface area contributed by atoms with Gasteiger partial charge in [0.15, 0.2) is 0 Å². The van der Waals surface area contributed by atoms with Crippen LogP contribution in [0, 0.1) is 0 Å². The summed E-state index contributed by atoms with van der Waals surface area (Å²) in [4.78, 5) is 3.98. The topological polar surface area (TPSA) is 3.24 Å². The Morgan fingerprint density at radius 3 is 1.88 bits per heavy atom. The Balaban J connectivity index is 1.29. The first kappa shape index (κ1) is 35.0. The predicted molar refractivity (Wildman–Crippen MR) is 255 cm³/mol. The molecule has 11 rings (SSSR count). The van der Waals surface area contributed by atoms with Gasteiger partial charge >= 0.3 is 0 Å². The van der Waals surface area contributed by atoms with E-state index in [-0.39, 0.29) is 0 Å². The monoisotopic (exact) mass is 795 g/mol. The van der Waals surface area contributed by atoms with Gasteiger partial charge in [0.25, 0.3) is 0 Å². The molecule has 0 amide bonds. The van der Waals surface area contributed by atoms with Gasteiger partial charge in [0.2, 0.25) is 0 Å². The maximum absolute atomic E-state index is 2.65.